The van der Waals surface area contributed by atoms with E-state index in [9.17, 15) is 0 Å². The van der Waals surface area contributed by atoms with Crippen molar-refractivity contribution in [3.05, 3.63) is 53.4 Å². The molecule has 2 aromatic rings. The van der Waals surface area contributed by atoms with E-state index < -0.39 is 0 Å². The van der Waals surface area contributed by atoms with E-state index >= 15 is 0 Å². The lowest BCUT2D eigenvalue weighted by Gasteiger charge is -1.99. The fourth-order valence-corrected chi connectivity index (χ4v) is 1.68. The van der Waals surface area contributed by atoms with E-state index in [1.165, 1.54) is 0 Å². The second-order valence-corrected chi connectivity index (χ2v) is 4.07. The minimum Gasteiger partial charge on any atom is -0.396 e. The first kappa shape index (κ1) is 13.0. The minimum atomic E-state index is 0.0453. The molecule has 0 amide bonds. The number of aliphatic hydroxyl groups is 1. The van der Waals surface area contributed by atoms with Crippen molar-refractivity contribution in [1.82, 2.24) is 15.0 Å². The zero-order valence-electron chi connectivity index (χ0n) is 10.4. The molecule has 0 radical (unpaired) electrons. The van der Waals surface area contributed by atoms with Crippen LogP contribution in [0.25, 0.3) is 6.08 Å². The molecule has 96 valence electrons. The van der Waals surface area contributed by atoms with Gasteiger partial charge in [-0.1, -0.05) is 35.5 Å². The van der Waals surface area contributed by atoms with Crippen LogP contribution in [0.1, 0.15) is 11.3 Å². The highest BCUT2D eigenvalue weighted by molar-refractivity contribution is 5.56. The van der Waals surface area contributed by atoms with Crippen LogP contribution in [0.2, 0.25) is 0 Å². The average Bonchev–Trinajstić information content (AvgIpc) is 2.87. The van der Waals surface area contributed by atoms with E-state index in [0.717, 1.165) is 11.3 Å². The van der Waals surface area contributed by atoms with Gasteiger partial charge in [-0.3, -0.25) is 0 Å². The van der Waals surface area contributed by atoms with Gasteiger partial charge in [0.05, 0.1) is 23.9 Å². The summed E-state index contributed by atoms with van der Waals surface area (Å²) in [7, 11) is 0. The highest BCUT2D eigenvalue weighted by Gasteiger charge is 2.03. The van der Waals surface area contributed by atoms with Crippen molar-refractivity contribution in [2.24, 2.45) is 0 Å². The molecule has 19 heavy (non-hydrogen) atoms. The van der Waals surface area contributed by atoms with Gasteiger partial charge in [-0.25, -0.2) is 4.68 Å². The van der Waals surface area contributed by atoms with Crippen LogP contribution in [-0.2, 0) is 13.0 Å². The first-order chi connectivity index (χ1) is 9.31. The average molecular weight is 254 g/mol. The number of nitriles is 1. The van der Waals surface area contributed by atoms with Gasteiger partial charge in [0.15, 0.2) is 0 Å². The maximum atomic E-state index is 9.14. The van der Waals surface area contributed by atoms with Crippen molar-refractivity contribution < 1.29 is 5.11 Å². The lowest BCUT2D eigenvalue weighted by molar-refractivity contribution is 0.298. The molecule has 0 saturated heterocycles. The molecule has 0 aliphatic rings. The number of aromatic nitrogens is 3. The molecule has 0 spiro atoms. The number of aliphatic hydroxyl groups excluding tert-OH is 1. The van der Waals surface area contributed by atoms with Crippen molar-refractivity contribution >= 4 is 6.08 Å². The molecule has 0 unspecified atom stereocenters. The van der Waals surface area contributed by atoms with Crippen LogP contribution in [0.15, 0.2) is 42.1 Å². The molecule has 0 saturated carbocycles. The molecule has 0 atom stereocenters. The standard InChI is InChI=1S/C14H14N4O/c15-9-13(8-12-4-2-1-3-5-12)10-18-11-14(6-7-19)16-17-18/h1-5,8,11,19H,6-7,10H2/b13-8+. The Hall–Kier alpha value is -2.45. The number of benzene rings is 1. The quantitative estimate of drug-likeness (QED) is 0.819. The molecule has 0 fully saturated rings. The fourth-order valence-electron chi connectivity index (χ4n) is 1.68. The number of hydrogen-bond acceptors (Lipinski definition) is 4. The topological polar surface area (TPSA) is 74.7 Å². The summed E-state index contributed by atoms with van der Waals surface area (Å²) in [4.78, 5) is 0. The van der Waals surface area contributed by atoms with Crippen LogP contribution in [0.5, 0.6) is 0 Å². The van der Waals surface area contributed by atoms with E-state index in [2.05, 4.69) is 16.4 Å². The molecule has 1 heterocycles. The fraction of sp³-hybridized carbons (Fsp3) is 0.214. The van der Waals surface area contributed by atoms with Crippen LogP contribution >= 0.6 is 0 Å². The molecular weight excluding hydrogens is 240 g/mol. The predicted molar refractivity (Wildman–Crippen MR) is 70.8 cm³/mol. The highest BCUT2D eigenvalue weighted by Crippen LogP contribution is 2.08. The van der Waals surface area contributed by atoms with E-state index in [-0.39, 0.29) is 6.61 Å². The van der Waals surface area contributed by atoms with Crippen molar-refractivity contribution in [2.45, 2.75) is 13.0 Å². The monoisotopic (exact) mass is 254 g/mol. The second-order valence-electron chi connectivity index (χ2n) is 4.07. The van der Waals surface area contributed by atoms with Gasteiger partial charge in [0, 0.05) is 19.2 Å². The lowest BCUT2D eigenvalue weighted by atomic mass is 10.1. The number of hydrogen-bond donors (Lipinski definition) is 1. The summed E-state index contributed by atoms with van der Waals surface area (Å²) in [6.07, 6.45) is 4.05. The number of rotatable bonds is 5. The summed E-state index contributed by atoms with van der Waals surface area (Å²) in [6.45, 7) is 0.424. The van der Waals surface area contributed by atoms with Crippen molar-refractivity contribution in [1.29, 1.82) is 5.26 Å². The summed E-state index contributed by atoms with van der Waals surface area (Å²) in [5.41, 5.74) is 2.31. The molecule has 1 aromatic heterocycles. The molecule has 1 aromatic carbocycles. The number of nitrogens with zero attached hydrogens (tertiary/aromatic N) is 4. The Morgan fingerprint density at radius 2 is 2.16 bits per heavy atom. The first-order valence-corrected chi connectivity index (χ1v) is 5.97. The normalized spacial score (nSPS) is 11.3. The minimum absolute atomic E-state index is 0.0453. The Morgan fingerprint density at radius 3 is 2.84 bits per heavy atom. The number of allylic oxidation sites excluding steroid dienone is 1. The predicted octanol–water partition coefficient (Wildman–Crippen LogP) is 1.42. The van der Waals surface area contributed by atoms with Crippen molar-refractivity contribution in [2.75, 3.05) is 6.61 Å². The lowest BCUT2D eigenvalue weighted by Crippen LogP contribution is -2.00. The van der Waals surface area contributed by atoms with Crippen molar-refractivity contribution in [3.63, 3.8) is 0 Å². The van der Waals surface area contributed by atoms with Crippen LogP contribution in [0.3, 0.4) is 0 Å². The van der Waals surface area contributed by atoms with Gasteiger partial charge in [0.1, 0.15) is 0 Å². The Morgan fingerprint density at radius 1 is 1.37 bits per heavy atom. The van der Waals surface area contributed by atoms with Crippen LogP contribution < -0.4 is 0 Å². The van der Waals surface area contributed by atoms with E-state index in [1.54, 1.807) is 10.9 Å². The summed E-state index contributed by atoms with van der Waals surface area (Å²) in [5.74, 6) is 0. The van der Waals surface area contributed by atoms with Crippen molar-refractivity contribution in [3.8, 4) is 6.07 Å². The molecule has 0 aliphatic heterocycles. The summed E-state index contributed by atoms with van der Waals surface area (Å²) >= 11 is 0. The molecule has 5 nitrogen and oxygen atoms in total. The maximum Gasteiger partial charge on any atom is 0.0967 e. The highest BCUT2D eigenvalue weighted by atomic mass is 16.3. The molecule has 2 rings (SSSR count). The Kier molecular flexibility index (Phi) is 4.43. The third-order valence-corrected chi connectivity index (χ3v) is 2.57. The third kappa shape index (κ3) is 3.76. The van der Waals surface area contributed by atoms with Crippen LogP contribution in [0, 0.1) is 11.3 Å². The van der Waals surface area contributed by atoms with E-state index in [1.807, 2.05) is 36.4 Å². The van der Waals surface area contributed by atoms with E-state index in [4.69, 9.17) is 10.4 Å². The smallest absolute Gasteiger partial charge is 0.0967 e. The zero-order chi connectivity index (χ0) is 13.5. The Labute approximate surface area is 111 Å². The maximum absolute atomic E-state index is 9.14. The molecule has 0 bridgehead atoms. The Bertz CT molecular complexity index is 595. The van der Waals surface area contributed by atoms with Gasteiger partial charge in [0.2, 0.25) is 0 Å². The van der Waals surface area contributed by atoms with Gasteiger partial charge in [-0.15, -0.1) is 5.10 Å². The summed E-state index contributed by atoms with van der Waals surface area (Å²) in [6, 6.07) is 11.8. The van der Waals surface area contributed by atoms with Gasteiger partial charge >= 0.3 is 0 Å². The van der Waals surface area contributed by atoms with Gasteiger partial charge in [-0.05, 0) is 11.6 Å². The SMILES string of the molecule is N#C/C(=C\c1ccccc1)Cn1cc(CCO)nn1. The summed E-state index contributed by atoms with van der Waals surface area (Å²) < 4.78 is 1.60. The van der Waals surface area contributed by atoms with Crippen LogP contribution in [-0.4, -0.2) is 26.7 Å². The summed E-state index contributed by atoms with van der Waals surface area (Å²) in [5, 5.41) is 25.8. The zero-order valence-corrected chi connectivity index (χ0v) is 10.4. The van der Waals surface area contributed by atoms with Gasteiger partial charge in [-0.2, -0.15) is 5.26 Å². The molecule has 1 N–H and O–H groups in total. The molecule has 5 heteroatoms. The van der Waals surface area contributed by atoms with Gasteiger partial charge < -0.3 is 5.11 Å². The van der Waals surface area contributed by atoms with E-state index in [0.29, 0.717) is 18.5 Å². The van der Waals surface area contributed by atoms with Crippen LogP contribution in [0.4, 0.5) is 0 Å². The Balaban J connectivity index is 2.11. The van der Waals surface area contributed by atoms with Gasteiger partial charge in [0.25, 0.3) is 0 Å². The molecule has 0 aliphatic carbocycles. The largest absolute Gasteiger partial charge is 0.396 e. The second kappa shape index (κ2) is 6.47. The first-order valence-electron chi connectivity index (χ1n) is 5.97. The molecular formula is C14H14N4O. The third-order valence-electron chi connectivity index (χ3n) is 2.57.